The van der Waals surface area contributed by atoms with E-state index < -0.39 is 17.9 Å². The van der Waals surface area contributed by atoms with Gasteiger partial charge in [0, 0.05) is 13.1 Å². The lowest BCUT2D eigenvalue weighted by atomic mass is 10.1. The fraction of sp³-hybridized carbons (Fsp3) is 0.786. The Hall–Kier alpha value is -1.79. The number of aliphatic carboxylic acids is 1. The minimum Gasteiger partial charge on any atom is -0.481 e. The number of nitrogens with one attached hydrogen (secondary N) is 1. The monoisotopic (exact) mass is 300 g/mol. The zero-order valence-corrected chi connectivity index (χ0v) is 12.6. The first-order chi connectivity index (χ1) is 9.97. The summed E-state index contributed by atoms with van der Waals surface area (Å²) < 4.78 is 4.96. The summed E-state index contributed by atoms with van der Waals surface area (Å²) in [4.78, 5) is 35.9. The smallest absolute Gasteiger partial charge is 0.328 e. The summed E-state index contributed by atoms with van der Waals surface area (Å²) in [6, 6.07) is -0.781. The van der Waals surface area contributed by atoms with E-state index in [0.29, 0.717) is 39.0 Å². The van der Waals surface area contributed by atoms with Gasteiger partial charge in [0.05, 0.1) is 12.5 Å². The number of carbonyl (C=O) groups excluding carboxylic acids is 2. The van der Waals surface area contributed by atoms with Crippen molar-refractivity contribution < 1.29 is 24.2 Å². The van der Waals surface area contributed by atoms with Crippen LogP contribution in [0.1, 0.15) is 39.5 Å². The van der Waals surface area contributed by atoms with E-state index >= 15 is 0 Å². The van der Waals surface area contributed by atoms with Gasteiger partial charge in [0.1, 0.15) is 6.04 Å². The van der Waals surface area contributed by atoms with Crippen LogP contribution in [0.25, 0.3) is 0 Å². The van der Waals surface area contributed by atoms with Crippen molar-refractivity contribution in [2.75, 3.05) is 19.7 Å². The molecule has 0 bridgehead atoms. The van der Waals surface area contributed by atoms with Crippen molar-refractivity contribution in [1.82, 2.24) is 10.2 Å². The third kappa shape index (κ3) is 5.24. The van der Waals surface area contributed by atoms with Gasteiger partial charge in [-0.2, -0.15) is 0 Å². The van der Waals surface area contributed by atoms with Crippen molar-refractivity contribution in [2.24, 2.45) is 5.92 Å². The summed E-state index contributed by atoms with van der Waals surface area (Å²) in [5.41, 5.74) is 0. The summed E-state index contributed by atoms with van der Waals surface area (Å²) in [5.74, 6) is -1.60. The Balaban J connectivity index is 2.34. The van der Waals surface area contributed by atoms with Crippen molar-refractivity contribution in [3.63, 3.8) is 0 Å². The van der Waals surface area contributed by atoms with Gasteiger partial charge in [0.2, 0.25) is 0 Å². The minimum atomic E-state index is -0.830. The van der Waals surface area contributed by atoms with Crippen molar-refractivity contribution >= 4 is 18.0 Å². The predicted molar refractivity (Wildman–Crippen MR) is 75.8 cm³/mol. The molecule has 0 spiro atoms. The number of rotatable bonds is 7. The van der Waals surface area contributed by atoms with Crippen molar-refractivity contribution in [2.45, 2.75) is 45.6 Å². The lowest BCUT2D eigenvalue weighted by molar-refractivity contribution is -0.147. The molecular formula is C14H24N2O5. The van der Waals surface area contributed by atoms with Crippen molar-refractivity contribution in [1.29, 1.82) is 0 Å². The van der Waals surface area contributed by atoms with E-state index in [0.717, 1.165) is 6.42 Å². The molecule has 0 radical (unpaired) electrons. The molecule has 0 aromatic heterocycles. The summed E-state index contributed by atoms with van der Waals surface area (Å²) >= 11 is 0. The van der Waals surface area contributed by atoms with Crippen LogP contribution in [0.15, 0.2) is 0 Å². The maximum atomic E-state index is 12.0. The highest BCUT2D eigenvalue weighted by molar-refractivity contribution is 5.84. The molecule has 2 amide bonds. The molecule has 2 atom stereocenters. The van der Waals surface area contributed by atoms with Crippen LogP contribution in [0, 0.1) is 5.92 Å². The molecule has 1 saturated heterocycles. The highest BCUT2D eigenvalue weighted by Gasteiger charge is 2.34. The molecule has 120 valence electrons. The largest absolute Gasteiger partial charge is 0.481 e. The number of carboxylic acid groups (broad SMARTS) is 1. The molecule has 7 heteroatoms. The molecule has 1 aliphatic heterocycles. The lowest BCUT2D eigenvalue weighted by Gasteiger charge is -2.23. The minimum absolute atomic E-state index is 0.284. The van der Waals surface area contributed by atoms with Gasteiger partial charge in [-0.15, -0.1) is 0 Å². The van der Waals surface area contributed by atoms with Gasteiger partial charge < -0.3 is 20.1 Å². The van der Waals surface area contributed by atoms with Crippen LogP contribution < -0.4 is 5.32 Å². The second kappa shape index (κ2) is 8.49. The second-order valence-electron chi connectivity index (χ2n) is 5.22. The third-order valence-electron chi connectivity index (χ3n) is 3.58. The van der Waals surface area contributed by atoms with Gasteiger partial charge in [0.15, 0.2) is 0 Å². The average Bonchev–Trinajstić information content (AvgIpc) is 2.92. The number of hydrogen-bond donors (Lipinski definition) is 2. The Morgan fingerprint density at radius 1 is 1.43 bits per heavy atom. The Labute approximate surface area is 124 Å². The van der Waals surface area contributed by atoms with Gasteiger partial charge in [-0.25, -0.2) is 9.59 Å². The number of nitrogens with zero attached hydrogens (tertiary/aromatic N) is 1. The van der Waals surface area contributed by atoms with E-state index in [2.05, 4.69) is 5.32 Å². The summed E-state index contributed by atoms with van der Waals surface area (Å²) in [6.45, 7) is 4.63. The maximum absolute atomic E-state index is 12.0. The van der Waals surface area contributed by atoms with E-state index in [9.17, 15) is 14.4 Å². The molecule has 2 unspecified atom stereocenters. The van der Waals surface area contributed by atoms with Crippen molar-refractivity contribution in [3.05, 3.63) is 0 Å². The number of ether oxygens (including phenoxy) is 1. The van der Waals surface area contributed by atoms with Crippen LogP contribution in [-0.2, 0) is 14.3 Å². The second-order valence-corrected chi connectivity index (χ2v) is 5.22. The van der Waals surface area contributed by atoms with E-state index in [1.54, 1.807) is 13.8 Å². The fourth-order valence-electron chi connectivity index (χ4n) is 2.32. The first-order valence-corrected chi connectivity index (χ1v) is 7.41. The molecule has 2 N–H and O–H groups in total. The molecule has 0 aromatic carbocycles. The Bertz CT molecular complexity index is 386. The first kappa shape index (κ1) is 17.3. The Kier molecular flexibility index (Phi) is 6.98. The maximum Gasteiger partial charge on any atom is 0.328 e. The topological polar surface area (TPSA) is 95.9 Å². The highest BCUT2D eigenvalue weighted by atomic mass is 16.5. The zero-order chi connectivity index (χ0) is 15.8. The van der Waals surface area contributed by atoms with Gasteiger partial charge in [-0.05, 0) is 32.6 Å². The molecule has 7 nitrogen and oxygen atoms in total. The normalized spacial score (nSPS) is 19.1. The van der Waals surface area contributed by atoms with Gasteiger partial charge in [-0.1, -0.05) is 6.92 Å². The molecule has 1 aliphatic rings. The molecule has 0 aromatic rings. The van der Waals surface area contributed by atoms with Gasteiger partial charge >= 0.3 is 18.0 Å². The summed E-state index contributed by atoms with van der Waals surface area (Å²) in [7, 11) is 0. The van der Waals surface area contributed by atoms with Crippen LogP contribution in [0.3, 0.4) is 0 Å². The standard InChI is InChI=1S/C14H24N2O5/c1-3-21-13(19)11-7-5-9-16(11)14(20)15-8-4-6-10(2)12(17)18/h10-11H,3-9H2,1-2H3,(H,15,20)(H,17,18). The molecule has 1 heterocycles. The number of carbonyl (C=O) groups is 3. The molecule has 0 saturated carbocycles. The molecule has 21 heavy (non-hydrogen) atoms. The SMILES string of the molecule is CCOC(=O)C1CCCN1C(=O)NCCCC(C)C(=O)O. The van der Waals surface area contributed by atoms with E-state index in [4.69, 9.17) is 9.84 Å². The number of amides is 2. The number of likely N-dealkylation sites (tertiary alicyclic amines) is 1. The number of urea groups is 1. The average molecular weight is 300 g/mol. The summed E-state index contributed by atoms with van der Waals surface area (Å²) in [6.07, 6.45) is 2.52. The van der Waals surface area contributed by atoms with Crippen LogP contribution in [0.4, 0.5) is 4.79 Å². The first-order valence-electron chi connectivity index (χ1n) is 7.41. The number of esters is 1. The van der Waals surface area contributed by atoms with Gasteiger partial charge in [-0.3, -0.25) is 4.79 Å². The molecule has 0 aliphatic carbocycles. The Morgan fingerprint density at radius 2 is 2.14 bits per heavy atom. The lowest BCUT2D eigenvalue weighted by Crippen LogP contribution is -2.46. The van der Waals surface area contributed by atoms with Gasteiger partial charge in [0.25, 0.3) is 0 Å². The molecule has 1 fully saturated rings. The summed E-state index contributed by atoms with van der Waals surface area (Å²) in [5, 5.41) is 11.5. The van der Waals surface area contributed by atoms with Crippen molar-refractivity contribution in [3.8, 4) is 0 Å². The fourth-order valence-corrected chi connectivity index (χ4v) is 2.32. The number of hydrogen-bond acceptors (Lipinski definition) is 4. The van der Waals surface area contributed by atoms with Crippen LogP contribution in [-0.4, -0.2) is 53.7 Å². The Morgan fingerprint density at radius 3 is 2.76 bits per heavy atom. The predicted octanol–water partition coefficient (Wildman–Crippen LogP) is 1.22. The highest BCUT2D eigenvalue weighted by Crippen LogP contribution is 2.18. The van der Waals surface area contributed by atoms with E-state index in [1.807, 2.05) is 0 Å². The molecular weight excluding hydrogens is 276 g/mol. The van der Waals surface area contributed by atoms with Crippen LogP contribution in [0.5, 0.6) is 0 Å². The number of carboxylic acids is 1. The zero-order valence-electron chi connectivity index (χ0n) is 12.6. The van der Waals surface area contributed by atoms with E-state index in [-0.39, 0.29) is 12.0 Å². The third-order valence-corrected chi connectivity index (χ3v) is 3.58. The van der Waals surface area contributed by atoms with Crippen LogP contribution in [0.2, 0.25) is 0 Å². The quantitative estimate of drug-likeness (QED) is 0.544. The van der Waals surface area contributed by atoms with Crippen LogP contribution >= 0.6 is 0 Å². The molecule has 1 rings (SSSR count). The van der Waals surface area contributed by atoms with E-state index in [1.165, 1.54) is 4.90 Å².